The first-order chi connectivity index (χ1) is 5.84. The summed E-state index contributed by atoms with van der Waals surface area (Å²) in [4.78, 5) is 0. The maximum Gasteiger partial charge on any atom is 0.0180 e. The molecule has 0 aliphatic heterocycles. The van der Waals surface area contributed by atoms with E-state index in [2.05, 4.69) is 95.6 Å². The van der Waals surface area contributed by atoms with Crippen LogP contribution in [0.3, 0.4) is 0 Å². The van der Waals surface area contributed by atoms with Crippen LogP contribution < -0.4 is 0 Å². The Hall–Kier alpha value is 2.50. The Labute approximate surface area is 120 Å². The predicted octanol–water partition coefficient (Wildman–Crippen LogP) is 5.66. The van der Waals surface area contributed by atoms with Gasteiger partial charge >= 0.3 is 0 Å². The Balaban J connectivity index is 4.55. The van der Waals surface area contributed by atoms with E-state index in [1.54, 1.807) is 0 Å². The molecule has 0 saturated carbocycles. The molecule has 0 aromatic rings. The number of rotatable bonds is 5. The third-order valence-electron chi connectivity index (χ3n) is 2.29. The molecule has 82 valence electrons. The summed E-state index contributed by atoms with van der Waals surface area (Å²) in [6, 6.07) is 1.41. The average molecular weight is 541 g/mol. The summed E-state index contributed by atoms with van der Waals surface area (Å²) >= 11 is 7.80. The van der Waals surface area contributed by atoms with Gasteiger partial charge in [-0.1, -0.05) is 13.8 Å². The van der Waals surface area contributed by atoms with Gasteiger partial charge in [0.1, 0.15) is 0 Å². The largest absolute Gasteiger partial charge is 0.238 e. The first-order valence-corrected chi connectivity index (χ1v) is 13.8. The summed E-state index contributed by atoms with van der Waals surface area (Å²) in [6.45, 7) is 9.22. The highest BCUT2D eigenvalue weighted by Gasteiger charge is 2.30. The van der Waals surface area contributed by atoms with Gasteiger partial charge in [-0.25, -0.2) is 4.31 Å². The fourth-order valence-electron chi connectivity index (χ4n) is 1.20. The van der Waals surface area contributed by atoms with E-state index >= 15 is 0 Å². The molecule has 0 aliphatic carbocycles. The standard InChI is InChI=1S/C8H18I3NS/c1-5-7(3)12(8(4)6-2)13(9,10)11/h7-8H,5-6H2,1-4H3. The molecule has 0 radical (unpaired) electrons. The van der Waals surface area contributed by atoms with Crippen LogP contribution in [0.25, 0.3) is 0 Å². The number of nitrogens with zero attached hydrogens (tertiary/aromatic N) is 1. The Morgan fingerprint density at radius 1 is 1.00 bits per heavy atom. The molecule has 0 N–H and O–H groups in total. The van der Waals surface area contributed by atoms with E-state index in [4.69, 9.17) is 0 Å². The maximum absolute atomic E-state index is 2.68. The molecular weight excluding hydrogens is 523 g/mol. The highest BCUT2D eigenvalue weighted by Crippen LogP contribution is 2.74. The summed E-state index contributed by atoms with van der Waals surface area (Å²) in [5.41, 5.74) is 0. The topological polar surface area (TPSA) is 3.24 Å². The SMILES string of the molecule is CCC(C)N(C(C)CC)S(I)(I)I. The van der Waals surface area contributed by atoms with Crippen molar-refractivity contribution in [2.75, 3.05) is 0 Å². The molecule has 13 heavy (non-hydrogen) atoms. The molecule has 0 amide bonds. The number of halogens is 3. The van der Waals surface area contributed by atoms with E-state index in [-0.39, 0.29) is 0 Å². The minimum Gasteiger partial charge on any atom is -0.238 e. The van der Waals surface area contributed by atoms with E-state index in [0.717, 1.165) is 0 Å². The van der Waals surface area contributed by atoms with Crippen molar-refractivity contribution in [3.63, 3.8) is 0 Å². The summed E-state index contributed by atoms with van der Waals surface area (Å²) in [5, 5.41) is 0. The highest BCUT2D eigenvalue weighted by molar-refractivity contribution is 14.5. The van der Waals surface area contributed by atoms with Gasteiger partial charge in [0.05, 0.1) is 0 Å². The van der Waals surface area contributed by atoms with Crippen LogP contribution >= 0.6 is 65.3 Å². The lowest BCUT2D eigenvalue weighted by atomic mass is 10.2. The number of hydrogen-bond donors (Lipinski definition) is 0. The Kier molecular flexibility index (Phi) is 8.29. The lowest BCUT2D eigenvalue weighted by Crippen LogP contribution is -2.36. The zero-order valence-electron chi connectivity index (χ0n) is 8.56. The summed E-state index contributed by atoms with van der Waals surface area (Å²) in [6.07, 6.45) is 2.49. The second-order valence-corrected chi connectivity index (χ2v) is 31.1. The van der Waals surface area contributed by atoms with Crippen molar-refractivity contribution in [2.24, 2.45) is 0 Å². The van der Waals surface area contributed by atoms with Crippen molar-refractivity contribution in [1.29, 1.82) is 0 Å². The van der Waals surface area contributed by atoms with E-state index in [9.17, 15) is 0 Å². The molecule has 0 aromatic carbocycles. The highest BCUT2D eigenvalue weighted by atomic mass is 127. The third kappa shape index (κ3) is 5.39. The Morgan fingerprint density at radius 2 is 1.31 bits per heavy atom. The van der Waals surface area contributed by atoms with E-state index < -0.39 is 1.73 Å². The average Bonchev–Trinajstić information content (AvgIpc) is 2.01. The van der Waals surface area contributed by atoms with Crippen molar-refractivity contribution in [3.8, 4) is 0 Å². The van der Waals surface area contributed by atoms with Crippen molar-refractivity contribution in [3.05, 3.63) is 0 Å². The van der Waals surface area contributed by atoms with Gasteiger partial charge in [0, 0.05) is 75.7 Å². The molecule has 0 bridgehead atoms. The lowest BCUT2D eigenvalue weighted by molar-refractivity contribution is 0.291. The van der Waals surface area contributed by atoms with Crippen molar-refractivity contribution < 1.29 is 0 Å². The van der Waals surface area contributed by atoms with E-state index in [1.165, 1.54) is 12.8 Å². The molecule has 0 aromatic heterocycles. The molecule has 0 rings (SSSR count). The van der Waals surface area contributed by atoms with Crippen molar-refractivity contribution >= 4 is 65.3 Å². The molecule has 0 heterocycles. The van der Waals surface area contributed by atoms with Crippen LogP contribution in [0.4, 0.5) is 0 Å². The van der Waals surface area contributed by atoms with E-state index in [1.807, 2.05) is 0 Å². The minimum atomic E-state index is -0.644. The molecule has 2 unspecified atom stereocenters. The smallest absolute Gasteiger partial charge is 0.0180 e. The van der Waals surface area contributed by atoms with Gasteiger partial charge in [-0.05, 0) is 28.4 Å². The molecule has 0 aliphatic rings. The third-order valence-corrected chi connectivity index (χ3v) is 7.58. The first-order valence-electron chi connectivity index (χ1n) is 4.55. The van der Waals surface area contributed by atoms with Crippen LogP contribution in [0.2, 0.25) is 0 Å². The number of hydrogen-bond acceptors (Lipinski definition) is 1. The van der Waals surface area contributed by atoms with Crippen LogP contribution in [0.15, 0.2) is 0 Å². The van der Waals surface area contributed by atoms with Crippen LogP contribution in [-0.2, 0) is 0 Å². The van der Waals surface area contributed by atoms with Gasteiger partial charge in [-0.2, -0.15) is 0 Å². The minimum absolute atomic E-state index is 0.644. The first kappa shape index (κ1) is 15.5. The van der Waals surface area contributed by atoms with Crippen LogP contribution in [0.5, 0.6) is 0 Å². The zero-order chi connectivity index (χ0) is 10.6. The quantitative estimate of drug-likeness (QED) is 0.407. The van der Waals surface area contributed by atoms with Gasteiger partial charge < -0.3 is 0 Å². The van der Waals surface area contributed by atoms with Gasteiger partial charge in [-0.15, -0.1) is 0 Å². The molecular formula is C8H18I3NS. The molecule has 0 saturated heterocycles. The fourth-order valence-corrected chi connectivity index (χ4v) is 9.30. The van der Waals surface area contributed by atoms with Crippen molar-refractivity contribution in [1.82, 2.24) is 4.31 Å². The monoisotopic (exact) mass is 541 g/mol. The molecule has 5 heteroatoms. The molecule has 1 nitrogen and oxygen atoms in total. The molecule has 0 spiro atoms. The lowest BCUT2D eigenvalue weighted by Gasteiger charge is -2.42. The molecule has 2 atom stereocenters. The van der Waals surface area contributed by atoms with Crippen LogP contribution in [0, 0.1) is 0 Å². The normalized spacial score (nSPS) is 18.8. The Morgan fingerprint density at radius 3 is 1.46 bits per heavy atom. The second-order valence-electron chi connectivity index (χ2n) is 3.26. The van der Waals surface area contributed by atoms with Crippen molar-refractivity contribution in [2.45, 2.75) is 52.6 Å². The summed E-state index contributed by atoms with van der Waals surface area (Å²) in [5.74, 6) is 0. The van der Waals surface area contributed by atoms with Gasteiger partial charge in [0.25, 0.3) is 0 Å². The van der Waals surface area contributed by atoms with E-state index in [0.29, 0.717) is 12.1 Å². The van der Waals surface area contributed by atoms with Crippen LogP contribution in [-0.4, -0.2) is 16.4 Å². The van der Waals surface area contributed by atoms with Gasteiger partial charge in [-0.3, -0.25) is 0 Å². The molecule has 0 fully saturated rings. The fraction of sp³-hybridized carbons (Fsp3) is 1.00. The maximum atomic E-state index is 2.68. The predicted molar refractivity (Wildman–Crippen MR) is 91.0 cm³/mol. The van der Waals surface area contributed by atoms with Gasteiger partial charge in [0.15, 0.2) is 0 Å². The second kappa shape index (κ2) is 6.95. The Bertz CT molecular complexity index is 139. The zero-order valence-corrected chi connectivity index (χ0v) is 15.8. The summed E-state index contributed by atoms with van der Waals surface area (Å²) in [7, 11) is 0. The summed E-state index contributed by atoms with van der Waals surface area (Å²) < 4.78 is 2.03. The van der Waals surface area contributed by atoms with Crippen LogP contribution in [0.1, 0.15) is 40.5 Å². The van der Waals surface area contributed by atoms with Gasteiger partial charge in [0.2, 0.25) is 0 Å².